The minimum absolute atomic E-state index is 0.0167. The smallest absolute Gasteiger partial charge is 0.416 e. The van der Waals surface area contributed by atoms with Gasteiger partial charge < -0.3 is 133 Å². The molecule has 1 unspecified atom stereocenters. The van der Waals surface area contributed by atoms with Crippen molar-refractivity contribution in [2.45, 2.75) is 169 Å². The van der Waals surface area contributed by atoms with Gasteiger partial charge in [-0.3, -0.25) is 57.6 Å². The Bertz CT molecular complexity index is 4820. The van der Waals surface area contributed by atoms with Crippen molar-refractivity contribution in [1.82, 2.24) is 41.3 Å². The summed E-state index contributed by atoms with van der Waals surface area (Å²) in [5, 5.41) is 43.3. The van der Waals surface area contributed by atoms with Gasteiger partial charge in [-0.1, -0.05) is 70.0 Å². The molecule has 5 heterocycles. The Morgan fingerprint density at radius 1 is 0.424 bits per heavy atom. The van der Waals surface area contributed by atoms with Gasteiger partial charge >= 0.3 is 12.2 Å². The van der Waals surface area contributed by atoms with Gasteiger partial charge in [0.15, 0.2) is 35.5 Å². The SMILES string of the molecule is COCCOCCC(=O)N[C@H](C(=O)N[C@@H](C)C(=O)Nc1ccc(COC(=O)N2c3cc(OCCCOc4cc5c(cc4OC)C(=O)N4C=C(C)C[C@H]4[C@H](O)N5C(=O)OCc4ccc(NC(=O)[C@H](C)NC(=O)[C@@H](NC(=O)CCOCCOCCOCCOCCOCCOCCOCCOCCNC(=O)CCN5C(=O)CC(C)C5=O)C(C)C)cc4)c(OC)cc3C(=O)N3C=C(C)C[C@H]3[C@@H]2O)cc1)C(C)C. The van der Waals surface area contributed by atoms with E-state index < -0.39 is 108 Å². The standard InChI is InChI=1S/C96H134N12O31/c1-59(2)84(102-81(110)23-29-127-33-32-124-10)88(115)98-64(8)86(113)100-68-18-14-66(15-19-68)57-138-95(122)107-72-53-78(76(125-11)51-70(72)91(118)105-55-61(5)48-74(105)93(107)120)136-27-13-28-137-79-54-73-71(52-77(79)126-12)92(119)106-56-62(6)49-75(106)94(121)108(73)96(123)139-58-67-16-20-69(21-17-67)101-87(114)65(9)99-89(116)85(60(3)4)103-82(111)24-30-128-34-36-130-38-40-132-42-44-134-46-47-135-45-43-133-41-39-131-37-35-129-31-25-97-80(109)22-26-104-83(112)50-63(7)90(104)117/h14-21,51-56,59-60,63-65,74-75,84-85,93-94,120-121H,13,22-50,57-58H2,1-12H3,(H,97,109)(H,98,115)(H,99,116)(H,100,113)(H,101,114)(H,102,110)(H,103,111)/t63?,64-,65-,74-,75-,84-,85-,93-,94-/m0/s1. The number of benzene rings is 4. The molecule has 43 heteroatoms. The molecule has 9 atom stereocenters. The molecule has 764 valence electrons. The number of rotatable bonds is 60. The van der Waals surface area contributed by atoms with Crippen molar-refractivity contribution in [1.29, 1.82) is 0 Å². The van der Waals surface area contributed by atoms with Crippen LogP contribution < -0.4 is 66.0 Å². The minimum Gasteiger partial charge on any atom is -0.493 e. The van der Waals surface area contributed by atoms with Crippen LogP contribution in [0.4, 0.5) is 32.3 Å². The zero-order valence-corrected chi connectivity index (χ0v) is 81.0. The molecule has 5 aliphatic heterocycles. The Labute approximate surface area is 808 Å². The maximum absolute atomic E-state index is 14.5. The van der Waals surface area contributed by atoms with Crippen molar-refractivity contribution in [2.75, 3.05) is 194 Å². The second-order valence-electron chi connectivity index (χ2n) is 34.2. The maximum atomic E-state index is 14.5. The number of carbonyl (C=O) groups is 13. The third-order valence-corrected chi connectivity index (χ3v) is 22.7. The van der Waals surface area contributed by atoms with E-state index in [0.29, 0.717) is 128 Å². The predicted molar refractivity (Wildman–Crippen MR) is 501 cm³/mol. The Balaban J connectivity index is 0.666. The van der Waals surface area contributed by atoms with E-state index in [1.54, 1.807) is 109 Å². The number of hydrogen-bond acceptors (Lipinski definition) is 31. The normalized spacial score (nSPS) is 17.4. The summed E-state index contributed by atoms with van der Waals surface area (Å²) in [7, 11) is 4.27. The van der Waals surface area contributed by atoms with Crippen molar-refractivity contribution in [2.24, 2.45) is 17.8 Å². The molecule has 0 spiro atoms. The number of fused-ring (bicyclic) bond motifs is 4. The fourth-order valence-corrected chi connectivity index (χ4v) is 15.1. The first kappa shape index (κ1) is 111. The molecule has 1 fully saturated rings. The third-order valence-electron chi connectivity index (χ3n) is 22.7. The van der Waals surface area contributed by atoms with Gasteiger partial charge in [0, 0.05) is 94.1 Å². The molecular weight excluding hydrogens is 1820 g/mol. The van der Waals surface area contributed by atoms with Crippen molar-refractivity contribution in [3.63, 3.8) is 0 Å². The first-order valence-electron chi connectivity index (χ1n) is 46.6. The lowest BCUT2D eigenvalue weighted by Gasteiger charge is -2.31. The Morgan fingerprint density at radius 2 is 0.791 bits per heavy atom. The summed E-state index contributed by atoms with van der Waals surface area (Å²) in [4.78, 5) is 179. The van der Waals surface area contributed by atoms with E-state index in [0.717, 1.165) is 25.8 Å². The van der Waals surface area contributed by atoms with Gasteiger partial charge in [-0.05, 0) is 99.9 Å². The highest BCUT2D eigenvalue weighted by Gasteiger charge is 2.48. The summed E-state index contributed by atoms with van der Waals surface area (Å²) in [6, 6.07) is 12.4. The molecule has 4 aromatic carbocycles. The van der Waals surface area contributed by atoms with Gasteiger partial charge in [0.05, 0.1) is 188 Å². The van der Waals surface area contributed by atoms with E-state index in [9.17, 15) is 72.5 Å². The molecule has 0 aromatic heterocycles. The first-order chi connectivity index (χ1) is 66.8. The number of aliphatic hydroxyl groups excluding tert-OH is 2. The fourth-order valence-electron chi connectivity index (χ4n) is 15.1. The van der Waals surface area contributed by atoms with Gasteiger partial charge in [0.1, 0.15) is 37.4 Å². The van der Waals surface area contributed by atoms with Crippen LogP contribution in [-0.4, -0.2) is 324 Å². The molecule has 139 heavy (non-hydrogen) atoms. The predicted octanol–water partition coefficient (Wildman–Crippen LogP) is 5.38. The monoisotopic (exact) mass is 1950 g/mol. The zero-order valence-electron chi connectivity index (χ0n) is 81.0. The highest BCUT2D eigenvalue weighted by Crippen LogP contribution is 2.45. The molecule has 1 saturated heterocycles. The number of methoxy groups -OCH3 is 3. The summed E-state index contributed by atoms with van der Waals surface area (Å²) < 4.78 is 90.3. The molecular formula is C96H134N12O31. The number of hydrogen-bond donors (Lipinski definition) is 9. The highest BCUT2D eigenvalue weighted by molar-refractivity contribution is 6.08. The average Bonchev–Trinajstić information content (AvgIpc) is 1.60. The molecule has 4 aromatic rings. The zero-order chi connectivity index (χ0) is 101. The average molecular weight is 1950 g/mol. The number of ether oxygens (including phenoxy) is 16. The van der Waals surface area contributed by atoms with E-state index in [-0.39, 0.29) is 185 Å². The summed E-state index contributed by atoms with van der Waals surface area (Å²) in [5.41, 5.74) is 3.01. The lowest BCUT2D eigenvalue weighted by molar-refractivity contribution is -0.139. The molecule has 43 nitrogen and oxygen atoms in total. The number of nitrogens with one attached hydrogen (secondary N) is 7. The summed E-state index contributed by atoms with van der Waals surface area (Å²) in [6.07, 6.45) is -1.30. The molecule has 5 aliphatic rings. The Hall–Kier alpha value is -12.0. The molecule has 0 aliphatic carbocycles. The number of amides is 13. The number of anilines is 4. The highest BCUT2D eigenvalue weighted by atomic mass is 16.6. The molecule has 0 saturated carbocycles. The number of imide groups is 1. The van der Waals surface area contributed by atoms with E-state index in [4.69, 9.17) is 75.8 Å². The van der Waals surface area contributed by atoms with Gasteiger partial charge in [-0.15, -0.1) is 0 Å². The first-order valence-corrected chi connectivity index (χ1v) is 46.6. The molecule has 13 amide bonds. The van der Waals surface area contributed by atoms with E-state index in [2.05, 4.69) is 37.2 Å². The second-order valence-corrected chi connectivity index (χ2v) is 34.2. The number of aliphatic hydroxyl groups is 2. The number of nitrogens with zero attached hydrogens (tertiary/aromatic N) is 5. The van der Waals surface area contributed by atoms with Crippen molar-refractivity contribution < 1.29 is 148 Å². The van der Waals surface area contributed by atoms with E-state index in [1.165, 1.54) is 69.2 Å². The van der Waals surface area contributed by atoms with Gasteiger partial charge in [0.2, 0.25) is 53.2 Å². The quantitative estimate of drug-likeness (QED) is 0.0198. The largest absolute Gasteiger partial charge is 0.493 e. The lowest BCUT2D eigenvalue weighted by Crippen LogP contribution is -2.53. The number of carbonyl (C=O) groups excluding carboxylic acids is 13. The molecule has 9 rings (SSSR count). The van der Waals surface area contributed by atoms with Crippen LogP contribution in [0.2, 0.25) is 0 Å². The van der Waals surface area contributed by atoms with Crippen LogP contribution in [0.25, 0.3) is 0 Å². The third kappa shape index (κ3) is 33.6. The molecule has 9 N–H and O–H groups in total. The van der Waals surface area contributed by atoms with Crippen molar-refractivity contribution >= 4 is 99.9 Å². The van der Waals surface area contributed by atoms with Gasteiger partial charge in [-0.2, -0.15) is 0 Å². The van der Waals surface area contributed by atoms with Crippen LogP contribution in [0.15, 0.2) is 96.3 Å². The summed E-state index contributed by atoms with van der Waals surface area (Å²) in [6.45, 7) is 20.9. The maximum Gasteiger partial charge on any atom is 0.416 e. The lowest BCUT2D eigenvalue weighted by atomic mass is 10.0. The Morgan fingerprint density at radius 3 is 1.14 bits per heavy atom. The summed E-state index contributed by atoms with van der Waals surface area (Å²) in [5.74, 6) is -5.59. The molecule has 0 bridgehead atoms. The van der Waals surface area contributed by atoms with Crippen LogP contribution in [0.3, 0.4) is 0 Å². The minimum atomic E-state index is -1.64. The summed E-state index contributed by atoms with van der Waals surface area (Å²) >= 11 is 0. The van der Waals surface area contributed by atoms with Crippen molar-refractivity contribution in [3.05, 3.63) is 119 Å². The van der Waals surface area contributed by atoms with Gasteiger partial charge in [0.25, 0.3) is 11.8 Å². The van der Waals surface area contributed by atoms with Crippen LogP contribution in [0.5, 0.6) is 23.0 Å². The second kappa shape index (κ2) is 56.9. The van der Waals surface area contributed by atoms with Crippen LogP contribution in [-0.2, 0) is 113 Å². The van der Waals surface area contributed by atoms with Crippen molar-refractivity contribution in [3.8, 4) is 23.0 Å². The van der Waals surface area contributed by atoms with Gasteiger partial charge in [-0.25, -0.2) is 19.4 Å². The topological polar surface area (TPSA) is 510 Å². The van der Waals surface area contributed by atoms with Crippen LogP contribution in [0.1, 0.15) is 139 Å². The van der Waals surface area contributed by atoms with Crippen LogP contribution in [0, 0.1) is 17.8 Å². The number of likely N-dealkylation sites (tertiary alicyclic amines) is 1. The Kier molecular flexibility index (Phi) is 45.3. The van der Waals surface area contributed by atoms with E-state index in [1.807, 2.05) is 0 Å². The fraction of sp³-hybridized carbons (Fsp3) is 0.573. The molecule has 0 radical (unpaired) electrons. The van der Waals surface area contributed by atoms with E-state index >= 15 is 0 Å². The van der Waals surface area contributed by atoms with Crippen LogP contribution >= 0.6 is 0 Å².